The Labute approximate surface area is 185 Å². The van der Waals surface area contributed by atoms with Crippen molar-refractivity contribution in [1.29, 1.82) is 5.26 Å². The van der Waals surface area contributed by atoms with Crippen LogP contribution in [0.2, 0.25) is 0 Å². The zero-order valence-corrected chi connectivity index (χ0v) is 19.8. The maximum absolute atomic E-state index is 10.4. The Balaban J connectivity index is 1.67. The molecular weight excluding hydrogens is 366 g/mol. The van der Waals surface area contributed by atoms with Crippen LogP contribution in [0, 0.1) is 23.2 Å². The molecule has 3 fully saturated rings. The fraction of sp³-hybridized carbons (Fsp3) is 0.741. The molecular formula is C27H43N3. The molecule has 0 spiro atoms. The molecule has 166 valence electrons. The first-order valence-corrected chi connectivity index (χ1v) is 12.4. The zero-order valence-electron chi connectivity index (χ0n) is 19.8. The molecule has 1 aliphatic carbocycles. The lowest BCUT2D eigenvalue weighted by atomic mass is 9.75. The summed E-state index contributed by atoms with van der Waals surface area (Å²) in [4.78, 5) is 5.25. The van der Waals surface area contributed by atoms with Gasteiger partial charge < -0.3 is 4.90 Å². The van der Waals surface area contributed by atoms with Crippen LogP contribution in [0.3, 0.4) is 0 Å². The summed E-state index contributed by atoms with van der Waals surface area (Å²) in [5.41, 5.74) is 0.824. The summed E-state index contributed by atoms with van der Waals surface area (Å²) in [6, 6.07) is 14.4. The third kappa shape index (κ3) is 5.86. The van der Waals surface area contributed by atoms with Gasteiger partial charge in [0.05, 0.1) is 11.5 Å². The van der Waals surface area contributed by atoms with Crippen molar-refractivity contribution in [2.75, 3.05) is 26.2 Å². The average molecular weight is 410 g/mol. The Hall–Kier alpha value is -1.37. The van der Waals surface area contributed by atoms with Gasteiger partial charge in [0.15, 0.2) is 0 Å². The van der Waals surface area contributed by atoms with Gasteiger partial charge in [0.25, 0.3) is 0 Å². The quantitative estimate of drug-likeness (QED) is 0.485. The zero-order chi connectivity index (χ0) is 21.6. The minimum absolute atomic E-state index is 0.381. The van der Waals surface area contributed by atoms with E-state index < -0.39 is 0 Å². The molecule has 1 unspecified atom stereocenters. The number of benzene rings is 1. The van der Waals surface area contributed by atoms with E-state index in [1.807, 2.05) is 0 Å². The van der Waals surface area contributed by atoms with E-state index in [1.165, 1.54) is 44.3 Å². The van der Waals surface area contributed by atoms with E-state index in [1.54, 1.807) is 0 Å². The van der Waals surface area contributed by atoms with Gasteiger partial charge in [-0.3, -0.25) is 4.90 Å². The number of nitriles is 1. The van der Waals surface area contributed by atoms with Gasteiger partial charge in [-0.15, -0.1) is 0 Å². The van der Waals surface area contributed by atoms with Crippen molar-refractivity contribution >= 4 is 0 Å². The normalized spacial score (nSPS) is 24.2. The minimum atomic E-state index is -0.381. The van der Waals surface area contributed by atoms with Crippen LogP contribution in [-0.2, 0) is 5.41 Å². The number of nitrogens with zero attached hydrogens (tertiary/aromatic N) is 3. The van der Waals surface area contributed by atoms with Crippen molar-refractivity contribution in [3.8, 4) is 6.07 Å². The highest BCUT2D eigenvalue weighted by molar-refractivity contribution is 5.32. The van der Waals surface area contributed by atoms with Gasteiger partial charge in [0, 0.05) is 31.7 Å². The van der Waals surface area contributed by atoms with Crippen molar-refractivity contribution < 1.29 is 0 Å². The van der Waals surface area contributed by atoms with Crippen molar-refractivity contribution in [3.63, 3.8) is 0 Å². The van der Waals surface area contributed by atoms with Crippen LogP contribution in [0.4, 0.5) is 0 Å². The summed E-state index contributed by atoms with van der Waals surface area (Å²) in [6.07, 6.45) is 8.74. The molecule has 3 aliphatic rings. The fourth-order valence-corrected chi connectivity index (χ4v) is 5.97. The first-order chi connectivity index (χ1) is 14.4. The van der Waals surface area contributed by atoms with E-state index in [9.17, 15) is 5.26 Å². The lowest BCUT2D eigenvalue weighted by molar-refractivity contribution is 0.159. The van der Waals surface area contributed by atoms with Crippen molar-refractivity contribution in [2.45, 2.75) is 90.1 Å². The standard InChI is InChI=1S/C27H43N3/c1-22(2)30(23(3)4)18-16-27(21-28,26-9-6-5-7-10-26)15-8-17-29-19-24-11-12-25(20-29)14-13-24/h5-7,9-10,22-25H,8,11-20H2,1-4H3. The molecule has 0 aromatic heterocycles. The minimum Gasteiger partial charge on any atom is -0.303 e. The van der Waals surface area contributed by atoms with Gasteiger partial charge in [0.2, 0.25) is 0 Å². The summed E-state index contributed by atoms with van der Waals surface area (Å²) in [5.74, 6) is 1.84. The second kappa shape index (κ2) is 10.8. The van der Waals surface area contributed by atoms with Gasteiger partial charge in [-0.25, -0.2) is 0 Å². The summed E-state index contributed by atoms with van der Waals surface area (Å²) >= 11 is 0. The van der Waals surface area contributed by atoms with E-state index in [2.05, 4.69) is 73.9 Å². The predicted octanol–water partition coefficient (Wildman–Crippen LogP) is 5.86. The average Bonchev–Trinajstić information content (AvgIpc) is 3.05. The van der Waals surface area contributed by atoms with Crippen molar-refractivity contribution in [1.82, 2.24) is 9.80 Å². The maximum Gasteiger partial charge on any atom is 0.0835 e. The molecule has 1 saturated carbocycles. The van der Waals surface area contributed by atoms with E-state index in [0.29, 0.717) is 12.1 Å². The van der Waals surface area contributed by atoms with Gasteiger partial charge in [-0.05, 0) is 96.6 Å². The van der Waals surface area contributed by atoms with E-state index in [0.717, 1.165) is 44.2 Å². The molecule has 2 saturated heterocycles. The molecule has 3 heteroatoms. The smallest absolute Gasteiger partial charge is 0.0835 e. The summed E-state index contributed by atoms with van der Waals surface area (Å²) < 4.78 is 0. The second-order valence-corrected chi connectivity index (χ2v) is 10.5. The number of hydrogen-bond donors (Lipinski definition) is 0. The molecule has 1 atom stereocenters. The van der Waals surface area contributed by atoms with Crippen LogP contribution in [0.25, 0.3) is 0 Å². The fourth-order valence-electron chi connectivity index (χ4n) is 5.97. The van der Waals surface area contributed by atoms with E-state index in [-0.39, 0.29) is 5.41 Å². The highest BCUT2D eigenvalue weighted by Crippen LogP contribution is 2.36. The van der Waals surface area contributed by atoms with Crippen LogP contribution in [-0.4, -0.2) is 48.1 Å². The molecule has 3 nitrogen and oxygen atoms in total. The monoisotopic (exact) mass is 409 g/mol. The Morgan fingerprint density at radius 1 is 0.967 bits per heavy atom. The Morgan fingerprint density at radius 2 is 1.53 bits per heavy atom. The highest BCUT2D eigenvalue weighted by Gasteiger charge is 2.34. The van der Waals surface area contributed by atoms with Gasteiger partial charge in [-0.2, -0.15) is 5.26 Å². The predicted molar refractivity (Wildman–Crippen MR) is 126 cm³/mol. The van der Waals surface area contributed by atoms with Crippen LogP contribution in [0.1, 0.15) is 78.2 Å². The molecule has 1 aromatic carbocycles. The molecule has 2 heterocycles. The van der Waals surface area contributed by atoms with Gasteiger partial charge in [-0.1, -0.05) is 30.3 Å². The van der Waals surface area contributed by atoms with Crippen LogP contribution >= 0.6 is 0 Å². The molecule has 2 aliphatic heterocycles. The van der Waals surface area contributed by atoms with Crippen LogP contribution < -0.4 is 0 Å². The molecule has 4 rings (SSSR count). The Kier molecular flexibility index (Phi) is 8.37. The lowest BCUT2D eigenvalue weighted by Crippen LogP contribution is -2.41. The number of rotatable bonds is 10. The molecule has 30 heavy (non-hydrogen) atoms. The Morgan fingerprint density at radius 3 is 2.03 bits per heavy atom. The first-order valence-electron chi connectivity index (χ1n) is 12.4. The number of hydrogen-bond acceptors (Lipinski definition) is 3. The van der Waals surface area contributed by atoms with Crippen molar-refractivity contribution in [2.24, 2.45) is 11.8 Å². The number of fused-ring (bicyclic) bond motifs is 4. The third-order valence-electron chi connectivity index (χ3n) is 7.74. The molecule has 1 aromatic rings. The largest absolute Gasteiger partial charge is 0.303 e. The van der Waals surface area contributed by atoms with Crippen molar-refractivity contribution in [3.05, 3.63) is 35.9 Å². The van der Waals surface area contributed by atoms with Gasteiger partial charge >= 0.3 is 0 Å². The maximum atomic E-state index is 10.4. The molecule has 0 amide bonds. The SMILES string of the molecule is CC(C)N(CCC(C#N)(CCCN1CC2CCC(CC2)C1)c1ccccc1)C(C)C. The Bertz CT molecular complexity index is 647. The van der Waals surface area contributed by atoms with E-state index in [4.69, 9.17) is 0 Å². The topological polar surface area (TPSA) is 30.3 Å². The first kappa shape index (κ1) is 23.3. The summed E-state index contributed by atoms with van der Waals surface area (Å²) in [6.45, 7) is 13.8. The molecule has 0 radical (unpaired) electrons. The molecule has 0 N–H and O–H groups in total. The summed E-state index contributed by atoms with van der Waals surface area (Å²) in [7, 11) is 0. The van der Waals surface area contributed by atoms with E-state index >= 15 is 0 Å². The van der Waals surface area contributed by atoms with Crippen LogP contribution in [0.5, 0.6) is 0 Å². The van der Waals surface area contributed by atoms with Crippen LogP contribution in [0.15, 0.2) is 30.3 Å². The third-order valence-corrected chi connectivity index (χ3v) is 7.74. The highest BCUT2D eigenvalue weighted by atomic mass is 15.2. The second-order valence-electron chi connectivity index (χ2n) is 10.5. The summed E-state index contributed by atoms with van der Waals surface area (Å²) in [5, 5.41) is 10.4. The molecule has 2 bridgehead atoms. The lowest BCUT2D eigenvalue weighted by Gasteiger charge is -2.35. The van der Waals surface area contributed by atoms with Gasteiger partial charge in [0.1, 0.15) is 0 Å².